The fraction of sp³-hybridized carbons (Fsp3) is 0.429. The van der Waals surface area contributed by atoms with Crippen molar-refractivity contribution in [2.75, 3.05) is 25.5 Å². The van der Waals surface area contributed by atoms with Gasteiger partial charge in [-0.3, -0.25) is 9.59 Å². The van der Waals surface area contributed by atoms with Crippen molar-refractivity contribution < 1.29 is 14.5 Å². The van der Waals surface area contributed by atoms with Gasteiger partial charge in [-0.2, -0.15) is 0 Å². The summed E-state index contributed by atoms with van der Waals surface area (Å²) in [7, 11) is 1.85. The van der Waals surface area contributed by atoms with Crippen molar-refractivity contribution in [1.82, 2.24) is 5.32 Å². The van der Waals surface area contributed by atoms with Crippen LogP contribution in [0.25, 0.3) is 0 Å². The van der Waals surface area contributed by atoms with Crippen LogP contribution in [0.5, 0.6) is 0 Å². The number of amides is 2. The fourth-order valence-electron chi connectivity index (χ4n) is 1.87. The highest BCUT2D eigenvalue weighted by molar-refractivity contribution is 14.1. The number of benzene rings is 1. The van der Waals surface area contributed by atoms with E-state index < -0.39 is 0 Å². The van der Waals surface area contributed by atoms with Crippen LogP contribution in [0.4, 0.5) is 5.69 Å². The summed E-state index contributed by atoms with van der Waals surface area (Å²) >= 11 is 2.18. The van der Waals surface area contributed by atoms with Crippen LogP contribution >= 0.6 is 22.6 Å². The Kier molecular flexibility index (Phi) is 5.36. The molecule has 1 aliphatic carbocycles. The summed E-state index contributed by atoms with van der Waals surface area (Å²) in [6.45, 7) is 0.610. The highest BCUT2D eigenvalue weighted by atomic mass is 127. The maximum Gasteiger partial charge on any atom is 0.279 e. The van der Waals surface area contributed by atoms with Crippen molar-refractivity contribution in [3.8, 4) is 0 Å². The van der Waals surface area contributed by atoms with E-state index in [1.807, 2.05) is 31.3 Å². The quantitative estimate of drug-likeness (QED) is 0.602. The summed E-state index contributed by atoms with van der Waals surface area (Å²) in [6, 6.07) is 7.99. The first-order chi connectivity index (χ1) is 9.54. The van der Waals surface area contributed by atoms with E-state index in [2.05, 4.69) is 33.2 Å². The maximum atomic E-state index is 11.9. The Morgan fingerprint density at radius 1 is 1.25 bits per heavy atom. The number of halogens is 1. The summed E-state index contributed by atoms with van der Waals surface area (Å²) < 4.78 is 1.00. The van der Waals surface area contributed by atoms with Crippen LogP contribution in [-0.4, -0.2) is 38.0 Å². The lowest BCUT2D eigenvalue weighted by atomic mass is 10.3. The molecule has 0 bridgehead atoms. The van der Waals surface area contributed by atoms with Gasteiger partial charge >= 0.3 is 0 Å². The smallest absolute Gasteiger partial charge is 0.279 e. The van der Waals surface area contributed by atoms with Crippen molar-refractivity contribution >= 4 is 40.1 Å². The molecule has 20 heavy (non-hydrogen) atoms. The molecule has 0 heterocycles. The van der Waals surface area contributed by atoms with Crippen molar-refractivity contribution in [2.24, 2.45) is 0 Å². The normalized spacial score (nSPS) is 15.5. The number of hydrogen-bond acceptors (Lipinski definition) is 2. The van der Waals surface area contributed by atoms with Gasteiger partial charge in [-0.15, -0.1) is 0 Å². The van der Waals surface area contributed by atoms with E-state index in [4.69, 9.17) is 0 Å². The van der Waals surface area contributed by atoms with Gasteiger partial charge in [0.1, 0.15) is 0 Å². The lowest BCUT2D eigenvalue weighted by molar-refractivity contribution is -0.862. The third-order valence-electron chi connectivity index (χ3n) is 3.02. The fourth-order valence-corrected chi connectivity index (χ4v) is 2.40. The topological polar surface area (TPSA) is 62.6 Å². The Hall–Kier alpha value is -1.15. The van der Waals surface area contributed by atoms with E-state index in [1.165, 1.54) is 0 Å². The second-order valence-electron chi connectivity index (χ2n) is 5.18. The molecule has 0 aliphatic heterocycles. The Labute approximate surface area is 132 Å². The molecule has 1 aliphatic rings. The molecule has 1 aromatic rings. The third-order valence-corrected chi connectivity index (χ3v) is 3.96. The van der Waals surface area contributed by atoms with Crippen LogP contribution in [0.2, 0.25) is 0 Å². The zero-order chi connectivity index (χ0) is 14.5. The first-order valence-corrected chi connectivity index (χ1v) is 7.77. The zero-order valence-electron chi connectivity index (χ0n) is 11.4. The van der Waals surface area contributed by atoms with Gasteiger partial charge in [0.25, 0.3) is 11.8 Å². The van der Waals surface area contributed by atoms with Gasteiger partial charge in [0, 0.05) is 9.61 Å². The van der Waals surface area contributed by atoms with Crippen LogP contribution in [0.3, 0.4) is 0 Å². The molecule has 6 heteroatoms. The molecule has 1 atom stereocenters. The second kappa shape index (κ2) is 7.03. The van der Waals surface area contributed by atoms with E-state index in [-0.39, 0.29) is 18.4 Å². The average molecular weight is 388 g/mol. The first-order valence-electron chi connectivity index (χ1n) is 6.69. The number of rotatable bonds is 6. The third kappa shape index (κ3) is 5.09. The Bertz CT molecular complexity index is 503. The molecule has 0 spiro atoms. The largest absolute Gasteiger partial charge is 0.348 e. The van der Waals surface area contributed by atoms with Crippen molar-refractivity contribution in [3.05, 3.63) is 27.8 Å². The predicted octanol–water partition coefficient (Wildman–Crippen LogP) is 0.0230. The monoisotopic (exact) mass is 388 g/mol. The van der Waals surface area contributed by atoms with Crippen LogP contribution < -0.4 is 15.5 Å². The minimum absolute atomic E-state index is 0.0205. The summed E-state index contributed by atoms with van der Waals surface area (Å²) in [5.74, 6) is -0.0575. The van der Waals surface area contributed by atoms with Gasteiger partial charge in [-0.1, -0.05) is 12.1 Å². The zero-order valence-corrected chi connectivity index (χ0v) is 13.6. The van der Waals surface area contributed by atoms with Gasteiger partial charge in [-0.05, 0) is 47.6 Å². The van der Waals surface area contributed by atoms with E-state index in [1.54, 1.807) is 0 Å². The van der Waals surface area contributed by atoms with Crippen LogP contribution in [0.1, 0.15) is 12.8 Å². The maximum absolute atomic E-state index is 11.9. The van der Waals surface area contributed by atoms with Crippen molar-refractivity contribution in [1.29, 1.82) is 0 Å². The molecule has 0 radical (unpaired) electrons. The minimum atomic E-state index is -0.0779. The highest BCUT2D eigenvalue weighted by Crippen LogP contribution is 2.18. The Balaban J connectivity index is 1.75. The molecule has 1 aromatic carbocycles. The van der Waals surface area contributed by atoms with Crippen LogP contribution in [0, 0.1) is 3.57 Å². The Morgan fingerprint density at radius 3 is 2.55 bits per heavy atom. The molecule has 2 amide bonds. The highest BCUT2D eigenvalue weighted by Gasteiger charge is 2.24. The standard InChI is InChI=1S/C14H18IN3O2/c1-18(8-13(19)16-10-6-7-10)9-14(20)17-12-5-3-2-4-11(12)15/h2-5,10H,6-9H2,1H3,(H,16,19)(H,17,20)/p+1. The molecule has 0 saturated heterocycles. The van der Waals surface area contributed by atoms with E-state index >= 15 is 0 Å². The molecule has 1 saturated carbocycles. The second-order valence-corrected chi connectivity index (χ2v) is 6.34. The van der Waals surface area contributed by atoms with Crippen molar-refractivity contribution in [2.45, 2.75) is 18.9 Å². The number of anilines is 1. The number of nitrogens with one attached hydrogen (secondary N) is 3. The molecule has 2 rings (SSSR count). The lowest BCUT2D eigenvalue weighted by Gasteiger charge is -2.14. The molecule has 3 N–H and O–H groups in total. The van der Waals surface area contributed by atoms with E-state index in [0.717, 1.165) is 27.0 Å². The molecular formula is C14H19IN3O2+. The van der Waals surface area contributed by atoms with Gasteiger partial charge in [-0.25, -0.2) is 0 Å². The van der Waals surface area contributed by atoms with Gasteiger partial charge in [0.2, 0.25) is 0 Å². The number of para-hydroxylation sites is 1. The molecule has 1 unspecified atom stereocenters. The summed E-state index contributed by atoms with van der Waals surface area (Å²) in [5, 5.41) is 5.79. The SMILES string of the molecule is C[NH+](CC(=O)Nc1ccccc1I)CC(=O)NC1CC1. The molecule has 1 fully saturated rings. The molecular weight excluding hydrogens is 369 g/mol. The summed E-state index contributed by atoms with van der Waals surface area (Å²) in [5.41, 5.74) is 0.813. The number of hydrogen-bond donors (Lipinski definition) is 3. The van der Waals surface area contributed by atoms with Gasteiger partial charge < -0.3 is 15.5 Å². The number of likely N-dealkylation sites (N-methyl/N-ethyl adjacent to an activating group) is 1. The average Bonchev–Trinajstić information content (AvgIpc) is 3.15. The number of carbonyl (C=O) groups excluding carboxylic acids is 2. The first kappa shape index (κ1) is 15.2. The number of carbonyl (C=O) groups is 2. The molecule has 5 nitrogen and oxygen atoms in total. The van der Waals surface area contributed by atoms with Gasteiger partial charge in [0.15, 0.2) is 13.1 Å². The summed E-state index contributed by atoms with van der Waals surface area (Å²) in [6.07, 6.45) is 2.16. The van der Waals surface area contributed by atoms with Crippen LogP contribution in [0.15, 0.2) is 24.3 Å². The van der Waals surface area contributed by atoms with Crippen LogP contribution in [-0.2, 0) is 9.59 Å². The minimum Gasteiger partial charge on any atom is -0.348 e. The lowest BCUT2D eigenvalue weighted by Crippen LogP contribution is -3.11. The molecule has 108 valence electrons. The number of quaternary nitrogens is 1. The van der Waals surface area contributed by atoms with E-state index in [0.29, 0.717) is 12.6 Å². The molecule has 0 aromatic heterocycles. The van der Waals surface area contributed by atoms with Gasteiger partial charge in [0.05, 0.1) is 12.7 Å². The summed E-state index contributed by atoms with van der Waals surface area (Å²) in [4.78, 5) is 24.4. The predicted molar refractivity (Wildman–Crippen MR) is 85.6 cm³/mol. The Morgan fingerprint density at radius 2 is 1.90 bits per heavy atom. The van der Waals surface area contributed by atoms with E-state index in [9.17, 15) is 9.59 Å². The van der Waals surface area contributed by atoms with Crippen molar-refractivity contribution in [3.63, 3.8) is 0 Å².